The minimum absolute atomic E-state index is 0.0280. The number of hydrogen-bond acceptors (Lipinski definition) is 7. The fourth-order valence-electron chi connectivity index (χ4n) is 2.23. The van der Waals surface area contributed by atoms with Crippen LogP contribution in [0.1, 0.15) is 15.2 Å². The van der Waals surface area contributed by atoms with Crippen molar-refractivity contribution in [2.75, 3.05) is 21.3 Å². The number of hydrogen-bond donors (Lipinski definition) is 1. The minimum Gasteiger partial charge on any atom is -0.493 e. The Morgan fingerprint density at radius 1 is 1.12 bits per heavy atom. The normalized spacial score (nSPS) is 11.2. The van der Waals surface area contributed by atoms with Crippen molar-refractivity contribution < 1.29 is 27.4 Å². The van der Waals surface area contributed by atoms with Crippen LogP contribution >= 0.6 is 11.3 Å². The smallest absolute Gasteiger partial charge is 0.239 e. The summed E-state index contributed by atoms with van der Waals surface area (Å²) in [6.45, 7) is 0. The monoisotopic (exact) mass is 371 g/mol. The van der Waals surface area contributed by atoms with Gasteiger partial charge < -0.3 is 14.2 Å². The van der Waals surface area contributed by atoms with Gasteiger partial charge in [-0.1, -0.05) is 0 Å². The molecule has 0 atom stereocenters. The lowest BCUT2D eigenvalue weighted by atomic mass is 10.1. The Kier molecular flexibility index (Phi) is 5.47. The van der Waals surface area contributed by atoms with Gasteiger partial charge in [-0.25, -0.2) is 13.6 Å². The molecule has 0 unspecified atom stereocenters. The van der Waals surface area contributed by atoms with Crippen molar-refractivity contribution >= 4 is 27.1 Å². The molecule has 0 aliphatic rings. The van der Waals surface area contributed by atoms with Gasteiger partial charge in [-0.15, -0.1) is 11.3 Å². The van der Waals surface area contributed by atoms with Gasteiger partial charge in [-0.05, 0) is 29.1 Å². The fourth-order valence-corrected chi connectivity index (χ4v) is 4.16. The van der Waals surface area contributed by atoms with Gasteiger partial charge in [0.05, 0.1) is 26.2 Å². The summed E-state index contributed by atoms with van der Waals surface area (Å²) in [5, 5.41) is 6.65. The van der Waals surface area contributed by atoms with E-state index in [-0.39, 0.29) is 22.0 Å². The highest BCUT2D eigenvalue weighted by Gasteiger charge is 2.22. The minimum atomic E-state index is -3.94. The van der Waals surface area contributed by atoms with Gasteiger partial charge in [-0.2, -0.15) is 0 Å². The number of rotatable bonds is 7. The van der Waals surface area contributed by atoms with E-state index in [0.717, 1.165) is 11.3 Å². The molecule has 0 saturated heterocycles. The molecule has 0 radical (unpaired) electrons. The predicted molar refractivity (Wildman–Crippen MR) is 89.8 cm³/mol. The largest absolute Gasteiger partial charge is 0.493 e. The molecule has 7 nitrogen and oxygen atoms in total. The van der Waals surface area contributed by atoms with Crippen molar-refractivity contribution in [3.05, 3.63) is 34.0 Å². The van der Waals surface area contributed by atoms with E-state index in [9.17, 15) is 13.2 Å². The molecule has 2 aromatic rings. The standard InChI is InChI=1S/C15H17NO6S2/c1-20-11-7-9(8-12(21-2)14(11)22-3)6-10(17)15-13(4-5-23-15)24(16,18)19/h4-5,7-8H,6H2,1-3H3,(H2,16,18,19). The molecule has 0 aliphatic carbocycles. The average molecular weight is 371 g/mol. The lowest BCUT2D eigenvalue weighted by Gasteiger charge is -2.13. The summed E-state index contributed by atoms with van der Waals surface area (Å²) < 4.78 is 38.8. The third-order valence-electron chi connectivity index (χ3n) is 3.28. The quantitative estimate of drug-likeness (QED) is 0.745. The first-order valence-corrected chi connectivity index (χ1v) is 9.16. The highest BCUT2D eigenvalue weighted by Crippen LogP contribution is 2.38. The molecule has 2 rings (SSSR count). The van der Waals surface area contributed by atoms with Gasteiger partial charge in [0, 0.05) is 6.42 Å². The van der Waals surface area contributed by atoms with Crippen LogP contribution in [0.15, 0.2) is 28.5 Å². The lowest BCUT2D eigenvalue weighted by Crippen LogP contribution is -2.15. The fraction of sp³-hybridized carbons (Fsp3) is 0.267. The van der Waals surface area contributed by atoms with E-state index in [0.29, 0.717) is 22.8 Å². The maximum atomic E-state index is 12.5. The third kappa shape index (κ3) is 3.69. The summed E-state index contributed by atoms with van der Waals surface area (Å²) in [5.41, 5.74) is 0.600. The molecule has 9 heteroatoms. The van der Waals surface area contributed by atoms with Crippen molar-refractivity contribution in [1.29, 1.82) is 0 Å². The summed E-state index contributed by atoms with van der Waals surface area (Å²) in [5.74, 6) is 0.885. The summed E-state index contributed by atoms with van der Waals surface area (Å²) in [6, 6.07) is 4.61. The van der Waals surface area contributed by atoms with E-state index in [1.807, 2.05) is 0 Å². The van der Waals surface area contributed by atoms with E-state index in [4.69, 9.17) is 19.3 Å². The second-order valence-corrected chi connectivity index (χ2v) is 7.24. The van der Waals surface area contributed by atoms with Crippen molar-refractivity contribution in [2.24, 2.45) is 5.14 Å². The SMILES string of the molecule is COc1cc(CC(=O)c2sccc2S(N)(=O)=O)cc(OC)c1OC. The molecule has 1 aromatic carbocycles. The third-order valence-corrected chi connectivity index (χ3v) is 5.32. The molecule has 24 heavy (non-hydrogen) atoms. The summed E-state index contributed by atoms with van der Waals surface area (Å²) >= 11 is 1.04. The number of thiophene rings is 1. The molecule has 1 heterocycles. The van der Waals surface area contributed by atoms with Gasteiger partial charge in [-0.3, -0.25) is 4.79 Å². The Morgan fingerprint density at radius 3 is 2.17 bits per heavy atom. The predicted octanol–water partition coefficient (Wildman–Crippen LogP) is 1.85. The van der Waals surface area contributed by atoms with Crippen LogP contribution in [0.5, 0.6) is 17.2 Å². The number of methoxy groups -OCH3 is 3. The van der Waals surface area contributed by atoms with E-state index >= 15 is 0 Å². The van der Waals surface area contributed by atoms with Crippen LogP contribution in [0.4, 0.5) is 0 Å². The first-order valence-electron chi connectivity index (χ1n) is 6.74. The first-order chi connectivity index (χ1) is 11.3. The van der Waals surface area contributed by atoms with Crippen LogP contribution in [0.2, 0.25) is 0 Å². The van der Waals surface area contributed by atoms with Crippen LogP contribution in [-0.2, 0) is 16.4 Å². The average Bonchev–Trinajstić information content (AvgIpc) is 3.03. The number of nitrogens with two attached hydrogens (primary N) is 1. The number of ether oxygens (including phenoxy) is 3. The molecule has 2 N–H and O–H groups in total. The highest BCUT2D eigenvalue weighted by atomic mass is 32.2. The molecule has 0 fully saturated rings. The Balaban J connectivity index is 2.38. The van der Waals surface area contributed by atoms with Crippen LogP contribution in [-0.4, -0.2) is 35.5 Å². The summed E-state index contributed by atoms with van der Waals surface area (Å²) in [4.78, 5) is 12.4. The van der Waals surface area contributed by atoms with Crippen molar-refractivity contribution in [2.45, 2.75) is 11.3 Å². The number of benzene rings is 1. The van der Waals surface area contributed by atoms with Crippen LogP contribution in [0, 0.1) is 0 Å². The van der Waals surface area contributed by atoms with E-state index in [1.54, 1.807) is 12.1 Å². The molecular formula is C15H17NO6S2. The maximum absolute atomic E-state index is 12.5. The molecule has 0 bridgehead atoms. The van der Waals surface area contributed by atoms with E-state index in [1.165, 1.54) is 32.8 Å². The Labute approximate surface area is 144 Å². The van der Waals surface area contributed by atoms with Crippen LogP contribution in [0.25, 0.3) is 0 Å². The number of sulfonamides is 1. The van der Waals surface area contributed by atoms with Gasteiger partial charge in [0.2, 0.25) is 15.8 Å². The number of carbonyl (C=O) groups excluding carboxylic acids is 1. The maximum Gasteiger partial charge on any atom is 0.239 e. The van der Waals surface area contributed by atoms with Gasteiger partial charge >= 0.3 is 0 Å². The summed E-state index contributed by atoms with van der Waals surface area (Å²) in [7, 11) is 0.485. The molecule has 130 valence electrons. The Morgan fingerprint density at radius 2 is 1.71 bits per heavy atom. The number of primary sulfonamides is 1. The Bertz CT molecular complexity index is 832. The number of carbonyl (C=O) groups is 1. The molecule has 1 aromatic heterocycles. The van der Waals surface area contributed by atoms with Gasteiger partial charge in [0.15, 0.2) is 17.3 Å². The molecular weight excluding hydrogens is 354 g/mol. The number of ketones is 1. The zero-order valence-corrected chi connectivity index (χ0v) is 15.0. The second-order valence-electron chi connectivity index (χ2n) is 4.79. The number of Topliss-reactive ketones (excluding diaryl/α,β-unsaturated/α-hetero) is 1. The van der Waals surface area contributed by atoms with Crippen LogP contribution in [0.3, 0.4) is 0 Å². The van der Waals surface area contributed by atoms with Crippen molar-refractivity contribution in [3.8, 4) is 17.2 Å². The zero-order valence-electron chi connectivity index (χ0n) is 13.4. The Hall–Kier alpha value is -2.10. The van der Waals surface area contributed by atoms with Crippen molar-refractivity contribution in [1.82, 2.24) is 0 Å². The topological polar surface area (TPSA) is 105 Å². The molecule has 0 amide bonds. The molecule has 0 aliphatic heterocycles. The molecule has 0 saturated carbocycles. The van der Waals surface area contributed by atoms with Gasteiger partial charge in [0.1, 0.15) is 4.90 Å². The zero-order chi connectivity index (χ0) is 17.9. The second kappa shape index (κ2) is 7.20. The summed E-state index contributed by atoms with van der Waals surface area (Å²) in [6.07, 6.45) is -0.0280. The van der Waals surface area contributed by atoms with E-state index < -0.39 is 10.0 Å². The van der Waals surface area contributed by atoms with E-state index in [2.05, 4.69) is 0 Å². The lowest BCUT2D eigenvalue weighted by molar-refractivity contribution is 0.0994. The first kappa shape index (κ1) is 18.2. The highest BCUT2D eigenvalue weighted by molar-refractivity contribution is 7.89. The molecule has 0 spiro atoms. The van der Waals surface area contributed by atoms with Gasteiger partial charge in [0.25, 0.3) is 0 Å². The van der Waals surface area contributed by atoms with Crippen LogP contribution < -0.4 is 19.3 Å². The van der Waals surface area contributed by atoms with Crippen molar-refractivity contribution in [3.63, 3.8) is 0 Å².